The molecule has 0 saturated carbocycles. The number of carboxylic acid groups (broad SMARTS) is 1. The zero-order chi connectivity index (χ0) is 13.2. The van der Waals surface area contributed by atoms with Crippen molar-refractivity contribution >= 4 is 16.9 Å². The summed E-state index contributed by atoms with van der Waals surface area (Å²) in [5, 5.41) is 14.3. The van der Waals surface area contributed by atoms with Gasteiger partial charge in [0.25, 0.3) is 0 Å². The number of hydrogen-bond acceptors (Lipinski definition) is 3. The minimum Gasteiger partial charge on any atom is -0.481 e. The van der Waals surface area contributed by atoms with Crippen molar-refractivity contribution < 1.29 is 14.6 Å². The number of carbonyl (C=O) groups is 1. The fourth-order valence-electron chi connectivity index (χ4n) is 2.51. The zero-order valence-corrected chi connectivity index (χ0v) is 10.6. The van der Waals surface area contributed by atoms with E-state index in [2.05, 4.69) is 5.10 Å². The van der Waals surface area contributed by atoms with Gasteiger partial charge in [0.05, 0.1) is 18.1 Å². The molecule has 19 heavy (non-hydrogen) atoms. The molecule has 1 atom stereocenters. The van der Waals surface area contributed by atoms with E-state index < -0.39 is 5.97 Å². The van der Waals surface area contributed by atoms with Crippen molar-refractivity contribution in [1.29, 1.82) is 0 Å². The van der Waals surface area contributed by atoms with Crippen LogP contribution in [0.15, 0.2) is 24.4 Å². The highest BCUT2D eigenvalue weighted by Gasteiger charge is 2.18. The predicted octanol–water partition coefficient (Wildman–Crippen LogP) is 2.36. The van der Waals surface area contributed by atoms with Gasteiger partial charge < -0.3 is 9.84 Å². The number of hydrogen-bond donors (Lipinski definition) is 1. The van der Waals surface area contributed by atoms with Crippen LogP contribution in [0.3, 0.4) is 0 Å². The van der Waals surface area contributed by atoms with Crippen LogP contribution in [0, 0.1) is 0 Å². The number of rotatable bonds is 3. The van der Waals surface area contributed by atoms with E-state index in [-0.39, 0.29) is 12.6 Å². The molecule has 0 aliphatic carbocycles. The van der Waals surface area contributed by atoms with Crippen molar-refractivity contribution in [2.24, 2.45) is 0 Å². The average Bonchev–Trinajstić information content (AvgIpc) is 2.82. The molecule has 1 N–H and O–H groups in total. The molecule has 1 aliphatic heterocycles. The van der Waals surface area contributed by atoms with Crippen LogP contribution in [-0.2, 0) is 16.0 Å². The third kappa shape index (κ3) is 2.46. The lowest BCUT2D eigenvalue weighted by Gasteiger charge is -2.23. The second kappa shape index (κ2) is 5.01. The summed E-state index contributed by atoms with van der Waals surface area (Å²) in [6, 6.07) is 5.65. The SMILES string of the molecule is O=C(O)Cc1ccc2cnn(C3CCCCO3)c2c1. The predicted molar refractivity (Wildman–Crippen MR) is 69.9 cm³/mol. The van der Waals surface area contributed by atoms with Crippen LogP contribution in [0.1, 0.15) is 31.1 Å². The van der Waals surface area contributed by atoms with Gasteiger partial charge >= 0.3 is 5.97 Å². The van der Waals surface area contributed by atoms with E-state index in [0.717, 1.165) is 42.3 Å². The van der Waals surface area contributed by atoms with Crippen LogP contribution in [0.5, 0.6) is 0 Å². The highest BCUT2D eigenvalue weighted by atomic mass is 16.5. The number of benzene rings is 1. The lowest BCUT2D eigenvalue weighted by atomic mass is 10.1. The van der Waals surface area contributed by atoms with Gasteiger partial charge in [-0.25, -0.2) is 4.68 Å². The van der Waals surface area contributed by atoms with Crippen molar-refractivity contribution in [2.45, 2.75) is 31.9 Å². The highest BCUT2D eigenvalue weighted by Crippen LogP contribution is 2.26. The Bertz CT molecular complexity index is 600. The lowest BCUT2D eigenvalue weighted by molar-refractivity contribution is -0.136. The number of fused-ring (bicyclic) bond motifs is 1. The van der Waals surface area contributed by atoms with Crippen molar-refractivity contribution in [3.63, 3.8) is 0 Å². The Balaban J connectivity index is 1.97. The molecule has 0 radical (unpaired) electrons. The van der Waals surface area contributed by atoms with Crippen molar-refractivity contribution in [3.8, 4) is 0 Å². The summed E-state index contributed by atoms with van der Waals surface area (Å²) in [5.74, 6) is -0.820. The van der Waals surface area contributed by atoms with Crippen LogP contribution in [0.25, 0.3) is 10.9 Å². The first-order chi connectivity index (χ1) is 9.24. The Morgan fingerprint density at radius 3 is 3.11 bits per heavy atom. The molecule has 0 bridgehead atoms. The molecule has 1 unspecified atom stereocenters. The zero-order valence-electron chi connectivity index (χ0n) is 10.6. The molecule has 1 aliphatic rings. The van der Waals surface area contributed by atoms with E-state index in [1.54, 1.807) is 6.20 Å². The Hall–Kier alpha value is -1.88. The first kappa shape index (κ1) is 12.2. The molecule has 5 heteroatoms. The second-order valence-corrected chi connectivity index (χ2v) is 4.87. The van der Waals surface area contributed by atoms with E-state index in [4.69, 9.17) is 9.84 Å². The third-order valence-corrected chi connectivity index (χ3v) is 3.45. The van der Waals surface area contributed by atoms with Crippen LogP contribution >= 0.6 is 0 Å². The molecule has 2 aromatic rings. The molecule has 2 heterocycles. The topological polar surface area (TPSA) is 64.3 Å². The van der Waals surface area contributed by atoms with E-state index in [9.17, 15) is 4.79 Å². The summed E-state index contributed by atoms with van der Waals surface area (Å²) in [6.07, 6.45) is 5.01. The van der Waals surface area contributed by atoms with Gasteiger partial charge in [-0.05, 0) is 30.9 Å². The molecule has 3 rings (SSSR count). The van der Waals surface area contributed by atoms with Crippen molar-refractivity contribution in [3.05, 3.63) is 30.0 Å². The minimum atomic E-state index is -0.820. The van der Waals surface area contributed by atoms with Gasteiger partial charge in [0.1, 0.15) is 0 Å². The standard InChI is InChI=1S/C14H16N2O3/c17-14(18)8-10-4-5-11-9-15-16(12(11)7-10)13-3-1-2-6-19-13/h4-5,7,9,13H,1-3,6,8H2,(H,17,18). The summed E-state index contributed by atoms with van der Waals surface area (Å²) < 4.78 is 7.61. The van der Waals surface area contributed by atoms with Gasteiger partial charge in [-0.15, -0.1) is 0 Å². The van der Waals surface area contributed by atoms with Crippen LogP contribution in [0.2, 0.25) is 0 Å². The molecule has 1 saturated heterocycles. The Labute approximate surface area is 110 Å². The summed E-state index contributed by atoms with van der Waals surface area (Å²) in [6.45, 7) is 0.765. The van der Waals surface area contributed by atoms with Gasteiger partial charge in [0.2, 0.25) is 0 Å². The van der Waals surface area contributed by atoms with Gasteiger partial charge in [0.15, 0.2) is 6.23 Å². The normalized spacial score (nSPS) is 19.7. The minimum absolute atomic E-state index is 0.0219. The molecule has 0 spiro atoms. The average molecular weight is 260 g/mol. The van der Waals surface area contributed by atoms with Gasteiger partial charge in [-0.3, -0.25) is 4.79 Å². The molecular formula is C14H16N2O3. The maximum absolute atomic E-state index is 10.8. The molecule has 1 aromatic heterocycles. The first-order valence-corrected chi connectivity index (χ1v) is 6.53. The molecular weight excluding hydrogens is 244 g/mol. The molecule has 100 valence electrons. The van der Waals surface area contributed by atoms with Crippen LogP contribution in [-0.4, -0.2) is 27.5 Å². The number of ether oxygens (including phenoxy) is 1. The molecule has 5 nitrogen and oxygen atoms in total. The number of nitrogens with zero attached hydrogens (tertiary/aromatic N) is 2. The third-order valence-electron chi connectivity index (χ3n) is 3.45. The van der Waals surface area contributed by atoms with E-state index in [0.29, 0.717) is 0 Å². The molecule has 1 aromatic carbocycles. The number of carboxylic acids is 1. The summed E-state index contributed by atoms with van der Waals surface area (Å²) in [7, 11) is 0. The van der Waals surface area contributed by atoms with E-state index >= 15 is 0 Å². The Morgan fingerprint density at radius 2 is 2.37 bits per heavy atom. The van der Waals surface area contributed by atoms with Gasteiger partial charge in [0, 0.05) is 12.0 Å². The number of aliphatic carboxylic acids is 1. The van der Waals surface area contributed by atoms with Gasteiger partial charge in [-0.1, -0.05) is 12.1 Å². The van der Waals surface area contributed by atoms with Crippen LogP contribution in [0.4, 0.5) is 0 Å². The molecule has 1 fully saturated rings. The number of aromatic nitrogens is 2. The highest BCUT2D eigenvalue weighted by molar-refractivity contribution is 5.81. The van der Waals surface area contributed by atoms with Gasteiger partial charge in [-0.2, -0.15) is 5.10 Å². The van der Waals surface area contributed by atoms with Crippen molar-refractivity contribution in [2.75, 3.05) is 6.61 Å². The summed E-state index contributed by atoms with van der Waals surface area (Å²) in [5.41, 5.74) is 1.74. The fraction of sp³-hybridized carbons (Fsp3) is 0.429. The lowest BCUT2D eigenvalue weighted by Crippen LogP contribution is -2.19. The fourth-order valence-corrected chi connectivity index (χ4v) is 2.51. The van der Waals surface area contributed by atoms with Crippen molar-refractivity contribution in [1.82, 2.24) is 9.78 Å². The smallest absolute Gasteiger partial charge is 0.307 e. The largest absolute Gasteiger partial charge is 0.481 e. The maximum Gasteiger partial charge on any atom is 0.307 e. The monoisotopic (exact) mass is 260 g/mol. The Morgan fingerprint density at radius 1 is 1.47 bits per heavy atom. The van der Waals surface area contributed by atoms with E-state index in [1.165, 1.54) is 0 Å². The first-order valence-electron chi connectivity index (χ1n) is 6.53. The summed E-state index contributed by atoms with van der Waals surface area (Å²) >= 11 is 0. The molecule has 0 amide bonds. The second-order valence-electron chi connectivity index (χ2n) is 4.87. The maximum atomic E-state index is 10.8. The van der Waals surface area contributed by atoms with E-state index in [1.807, 2.05) is 22.9 Å². The summed E-state index contributed by atoms with van der Waals surface area (Å²) in [4.78, 5) is 10.8. The quantitative estimate of drug-likeness (QED) is 0.920. The van der Waals surface area contributed by atoms with Crippen LogP contribution < -0.4 is 0 Å². The Kier molecular flexibility index (Phi) is 3.21.